The van der Waals surface area contributed by atoms with Crippen molar-refractivity contribution in [2.24, 2.45) is 4.99 Å². The van der Waals surface area contributed by atoms with Gasteiger partial charge in [-0.15, -0.1) is 13.2 Å². The first-order chi connectivity index (χ1) is 16.3. The van der Waals surface area contributed by atoms with Gasteiger partial charge in [0.05, 0.1) is 6.04 Å². The number of aliphatic imine (C=N–C) groups is 1. The topological polar surface area (TPSA) is 69.7 Å². The van der Waals surface area contributed by atoms with Crippen LogP contribution in [-0.2, 0) is 12.1 Å². The van der Waals surface area contributed by atoms with E-state index in [2.05, 4.69) is 45.1 Å². The van der Waals surface area contributed by atoms with Crippen LogP contribution in [-0.4, -0.2) is 38.0 Å². The maximum atomic E-state index is 12.6. The standard InChI is InChI=1S/C25H32F3N5O/c1-24(29-2)20-8-4-5-9-21(20)32-23(33-24)31-19-13-11-18(12-14-19)30-16-15-17-7-3-6-10-22(17)34-25(26,27)28/h3-10,18-19,29-30H,11-16H2,1-2H3,(H2,31,32,33). The first-order valence-electron chi connectivity index (χ1n) is 11.7. The van der Waals surface area contributed by atoms with Crippen LogP contribution in [0.5, 0.6) is 5.75 Å². The molecule has 1 atom stereocenters. The number of hydrogen-bond acceptors (Lipinski definition) is 4. The van der Waals surface area contributed by atoms with E-state index in [1.165, 1.54) is 6.07 Å². The predicted octanol–water partition coefficient (Wildman–Crippen LogP) is 4.49. The fourth-order valence-electron chi connectivity index (χ4n) is 4.69. The maximum Gasteiger partial charge on any atom is 0.573 e. The van der Waals surface area contributed by atoms with E-state index in [0.717, 1.165) is 42.9 Å². The number of guanidine groups is 1. The summed E-state index contributed by atoms with van der Waals surface area (Å²) in [6.45, 7) is 2.70. The Hall–Kier alpha value is -2.78. The molecule has 0 aromatic heterocycles. The number of nitrogens with zero attached hydrogens (tertiary/aromatic N) is 1. The van der Waals surface area contributed by atoms with Crippen LogP contribution in [0.1, 0.15) is 43.7 Å². The fraction of sp³-hybridized carbons (Fsp3) is 0.480. The minimum atomic E-state index is -4.68. The van der Waals surface area contributed by atoms with Gasteiger partial charge in [0, 0.05) is 17.3 Å². The largest absolute Gasteiger partial charge is 0.573 e. The van der Waals surface area contributed by atoms with Crippen LogP contribution in [0.15, 0.2) is 53.5 Å². The molecule has 0 amide bonds. The average Bonchev–Trinajstić information content (AvgIpc) is 2.80. The Morgan fingerprint density at radius 2 is 1.76 bits per heavy atom. The fourth-order valence-corrected chi connectivity index (χ4v) is 4.69. The lowest BCUT2D eigenvalue weighted by atomic mass is 9.91. The highest BCUT2D eigenvalue weighted by molar-refractivity contribution is 5.97. The molecule has 0 saturated heterocycles. The Bertz CT molecular complexity index is 1000. The molecule has 2 aliphatic rings. The molecule has 1 fully saturated rings. The van der Waals surface area contributed by atoms with Crippen molar-refractivity contribution >= 4 is 11.6 Å². The molecule has 1 unspecified atom stereocenters. The maximum absolute atomic E-state index is 12.6. The van der Waals surface area contributed by atoms with Crippen molar-refractivity contribution in [3.63, 3.8) is 0 Å². The number of halogens is 3. The monoisotopic (exact) mass is 475 g/mol. The molecule has 34 heavy (non-hydrogen) atoms. The Morgan fingerprint density at radius 1 is 1.06 bits per heavy atom. The van der Waals surface area contributed by atoms with Crippen LogP contribution >= 0.6 is 0 Å². The first-order valence-corrected chi connectivity index (χ1v) is 11.7. The SMILES string of the molecule is CNC1(C)NC(=NC2CCC(NCCc3ccccc3OC(F)(F)F)CC2)Nc2ccccc21. The molecule has 4 rings (SSSR count). The van der Waals surface area contributed by atoms with Gasteiger partial charge in [-0.1, -0.05) is 36.4 Å². The zero-order valence-corrected chi connectivity index (χ0v) is 19.5. The van der Waals surface area contributed by atoms with Crippen LogP contribution in [0.4, 0.5) is 18.9 Å². The first kappa shape index (κ1) is 24.3. The van der Waals surface area contributed by atoms with Crippen molar-refractivity contribution in [1.29, 1.82) is 0 Å². The number of para-hydroxylation sites is 2. The van der Waals surface area contributed by atoms with E-state index in [4.69, 9.17) is 4.99 Å². The minimum Gasteiger partial charge on any atom is -0.406 e. The smallest absolute Gasteiger partial charge is 0.406 e. The Morgan fingerprint density at radius 3 is 2.50 bits per heavy atom. The lowest BCUT2D eigenvalue weighted by molar-refractivity contribution is -0.274. The normalized spacial score (nSPS) is 25.9. The van der Waals surface area contributed by atoms with Crippen LogP contribution < -0.4 is 26.0 Å². The molecule has 1 saturated carbocycles. The van der Waals surface area contributed by atoms with Gasteiger partial charge in [0.25, 0.3) is 0 Å². The predicted molar refractivity (Wildman–Crippen MR) is 128 cm³/mol. The number of rotatable bonds is 7. The van der Waals surface area contributed by atoms with Crippen LogP contribution in [0.2, 0.25) is 0 Å². The zero-order chi connectivity index (χ0) is 24.2. The number of benzene rings is 2. The Labute approximate surface area is 198 Å². The van der Waals surface area contributed by atoms with Gasteiger partial charge in [-0.05, 0) is 70.3 Å². The van der Waals surface area contributed by atoms with E-state index in [9.17, 15) is 13.2 Å². The van der Waals surface area contributed by atoms with E-state index in [-0.39, 0.29) is 11.8 Å². The Balaban J connectivity index is 1.28. The molecule has 1 aliphatic heterocycles. The lowest BCUT2D eigenvalue weighted by Crippen LogP contribution is -2.57. The van der Waals surface area contributed by atoms with E-state index in [0.29, 0.717) is 24.6 Å². The van der Waals surface area contributed by atoms with Gasteiger partial charge in [-0.25, -0.2) is 4.99 Å². The summed E-state index contributed by atoms with van der Waals surface area (Å²) in [6, 6.07) is 15.1. The van der Waals surface area contributed by atoms with E-state index in [1.54, 1.807) is 18.2 Å². The molecule has 2 aromatic rings. The second kappa shape index (κ2) is 10.2. The van der Waals surface area contributed by atoms with Gasteiger partial charge in [-0.2, -0.15) is 0 Å². The molecule has 0 spiro atoms. The second-order valence-electron chi connectivity index (χ2n) is 9.01. The van der Waals surface area contributed by atoms with Crippen molar-refractivity contribution in [3.8, 4) is 5.75 Å². The molecule has 0 radical (unpaired) electrons. The van der Waals surface area contributed by atoms with Gasteiger partial charge in [0.1, 0.15) is 11.4 Å². The van der Waals surface area contributed by atoms with Crippen LogP contribution in [0.25, 0.3) is 0 Å². The third kappa shape index (κ3) is 6.01. The van der Waals surface area contributed by atoms with Crippen molar-refractivity contribution in [1.82, 2.24) is 16.0 Å². The van der Waals surface area contributed by atoms with Gasteiger partial charge in [0.2, 0.25) is 0 Å². The van der Waals surface area contributed by atoms with Crippen LogP contribution in [0.3, 0.4) is 0 Å². The van der Waals surface area contributed by atoms with Gasteiger partial charge < -0.3 is 20.7 Å². The lowest BCUT2D eigenvalue weighted by Gasteiger charge is -2.39. The van der Waals surface area contributed by atoms with E-state index < -0.39 is 12.0 Å². The van der Waals surface area contributed by atoms with E-state index >= 15 is 0 Å². The second-order valence-corrected chi connectivity index (χ2v) is 9.01. The highest BCUT2D eigenvalue weighted by Crippen LogP contribution is 2.30. The molecule has 6 nitrogen and oxygen atoms in total. The summed E-state index contributed by atoms with van der Waals surface area (Å²) in [5.74, 6) is 0.646. The number of fused-ring (bicyclic) bond motifs is 1. The summed E-state index contributed by atoms with van der Waals surface area (Å²) in [7, 11) is 1.93. The number of nitrogens with one attached hydrogen (secondary N) is 4. The average molecular weight is 476 g/mol. The number of anilines is 1. The molecule has 1 aliphatic carbocycles. The summed E-state index contributed by atoms with van der Waals surface area (Å²) < 4.78 is 42.0. The number of hydrogen-bond donors (Lipinski definition) is 4. The van der Waals surface area contributed by atoms with Crippen molar-refractivity contribution < 1.29 is 17.9 Å². The molecular formula is C25H32F3N5O. The van der Waals surface area contributed by atoms with Gasteiger partial charge >= 0.3 is 6.36 Å². The minimum absolute atomic E-state index is 0.126. The number of alkyl halides is 3. The highest BCUT2D eigenvalue weighted by atomic mass is 19.4. The molecule has 1 heterocycles. The van der Waals surface area contributed by atoms with Crippen LogP contribution in [0, 0.1) is 0 Å². The van der Waals surface area contributed by atoms with Crippen molar-refractivity contribution in [2.75, 3.05) is 18.9 Å². The quantitative estimate of drug-likeness (QED) is 0.475. The molecule has 2 aromatic carbocycles. The third-order valence-corrected chi connectivity index (χ3v) is 6.62. The third-order valence-electron chi connectivity index (χ3n) is 6.62. The molecule has 0 bridgehead atoms. The van der Waals surface area contributed by atoms with Crippen molar-refractivity contribution in [3.05, 3.63) is 59.7 Å². The summed E-state index contributed by atoms with van der Waals surface area (Å²) in [5.41, 5.74) is 2.34. The van der Waals surface area contributed by atoms with E-state index in [1.807, 2.05) is 19.2 Å². The summed E-state index contributed by atoms with van der Waals surface area (Å²) in [6.07, 6.45) is -0.348. The number of ether oxygens (including phenoxy) is 1. The summed E-state index contributed by atoms with van der Waals surface area (Å²) >= 11 is 0. The summed E-state index contributed by atoms with van der Waals surface area (Å²) in [4.78, 5) is 4.95. The Kier molecular flexibility index (Phi) is 7.33. The molecular weight excluding hydrogens is 443 g/mol. The van der Waals surface area contributed by atoms with Gasteiger partial charge in [-0.3, -0.25) is 5.32 Å². The zero-order valence-electron chi connectivity index (χ0n) is 19.5. The highest BCUT2D eigenvalue weighted by Gasteiger charge is 2.33. The molecule has 184 valence electrons. The van der Waals surface area contributed by atoms with Gasteiger partial charge in [0.15, 0.2) is 5.96 Å². The summed E-state index contributed by atoms with van der Waals surface area (Å²) in [5, 5.41) is 13.7. The van der Waals surface area contributed by atoms with Crippen molar-refractivity contribution in [2.45, 2.75) is 63.1 Å². The molecule has 4 N–H and O–H groups in total. The molecule has 9 heteroatoms.